The van der Waals surface area contributed by atoms with Crippen LogP contribution < -0.4 is 0 Å². The van der Waals surface area contributed by atoms with E-state index < -0.39 is 11.9 Å². The highest BCUT2D eigenvalue weighted by Gasteiger charge is 2.32. The van der Waals surface area contributed by atoms with Crippen molar-refractivity contribution < 1.29 is 17.9 Å². The van der Waals surface area contributed by atoms with Crippen molar-refractivity contribution in [2.24, 2.45) is 0 Å². The van der Waals surface area contributed by atoms with Crippen molar-refractivity contribution in [2.45, 2.75) is 22.3 Å². The highest BCUT2D eigenvalue weighted by Crippen LogP contribution is 2.31. The third-order valence-electron chi connectivity index (χ3n) is 1.82. The lowest BCUT2D eigenvalue weighted by Crippen LogP contribution is -2.08. The minimum atomic E-state index is -4.49. The van der Waals surface area contributed by atoms with Gasteiger partial charge < -0.3 is 4.74 Å². The van der Waals surface area contributed by atoms with E-state index in [0.717, 1.165) is 24.0 Å². The van der Waals surface area contributed by atoms with Gasteiger partial charge in [0.05, 0.1) is 6.61 Å². The molecule has 0 radical (unpaired) electrons. The molecule has 0 aliphatic carbocycles. The third-order valence-corrected chi connectivity index (χ3v) is 3.65. The summed E-state index contributed by atoms with van der Waals surface area (Å²) in [4.78, 5) is 7.19. The van der Waals surface area contributed by atoms with E-state index in [9.17, 15) is 13.2 Å². The van der Waals surface area contributed by atoms with E-state index in [1.807, 2.05) is 0 Å². The molecule has 2 aromatic rings. The third kappa shape index (κ3) is 3.85. The van der Waals surface area contributed by atoms with Crippen LogP contribution in [-0.2, 0) is 17.5 Å². The zero-order valence-corrected chi connectivity index (χ0v) is 11.1. The molecule has 10 heteroatoms. The summed E-state index contributed by atoms with van der Waals surface area (Å²) in [5.41, 5.74) is -0.980. The van der Waals surface area contributed by atoms with Crippen LogP contribution >= 0.6 is 23.1 Å². The molecule has 0 aliphatic heterocycles. The molecule has 0 aromatic carbocycles. The number of halogens is 3. The van der Waals surface area contributed by atoms with E-state index >= 15 is 0 Å². The van der Waals surface area contributed by atoms with Crippen LogP contribution in [0.25, 0.3) is 0 Å². The van der Waals surface area contributed by atoms with Crippen molar-refractivity contribution in [1.82, 2.24) is 20.2 Å². The number of rotatable bonds is 4. The second kappa shape index (κ2) is 5.80. The van der Waals surface area contributed by atoms with Gasteiger partial charge in [-0.15, -0.1) is 10.2 Å². The Balaban J connectivity index is 2.14. The second-order valence-corrected chi connectivity index (χ2v) is 5.50. The first-order chi connectivity index (χ1) is 8.99. The zero-order valence-electron chi connectivity index (χ0n) is 9.51. The largest absolute Gasteiger partial charge is 0.433 e. The molecule has 0 spiro atoms. The van der Waals surface area contributed by atoms with Gasteiger partial charge in [-0.3, -0.25) is 0 Å². The average Bonchev–Trinajstić information content (AvgIpc) is 2.76. The fraction of sp³-hybridized carbons (Fsp3) is 0.333. The van der Waals surface area contributed by atoms with Crippen LogP contribution in [0.1, 0.15) is 10.7 Å². The number of aromatic nitrogens is 4. The molecule has 0 saturated heterocycles. The van der Waals surface area contributed by atoms with Gasteiger partial charge in [0.1, 0.15) is 10.7 Å². The average molecular weight is 308 g/mol. The lowest BCUT2D eigenvalue weighted by Gasteiger charge is -2.05. The van der Waals surface area contributed by atoms with Gasteiger partial charge in [0, 0.05) is 13.3 Å². The normalized spacial score (nSPS) is 11.8. The number of hydrogen-bond acceptors (Lipinski definition) is 7. The lowest BCUT2D eigenvalue weighted by molar-refractivity contribution is -0.141. The summed E-state index contributed by atoms with van der Waals surface area (Å²) in [6.45, 7) is 0.307. The Bertz CT molecular complexity index is 560. The van der Waals surface area contributed by atoms with Crippen LogP contribution in [0.4, 0.5) is 13.2 Å². The Labute approximate surface area is 114 Å². The first-order valence-electron chi connectivity index (χ1n) is 4.88. The number of methoxy groups -OCH3 is 1. The van der Waals surface area contributed by atoms with Crippen molar-refractivity contribution in [3.8, 4) is 0 Å². The van der Waals surface area contributed by atoms with Gasteiger partial charge in [-0.2, -0.15) is 13.2 Å². The van der Waals surface area contributed by atoms with Gasteiger partial charge in [-0.1, -0.05) is 11.3 Å². The summed E-state index contributed by atoms with van der Waals surface area (Å²) in [5, 5.41) is 8.25. The van der Waals surface area contributed by atoms with Gasteiger partial charge in [0.25, 0.3) is 0 Å². The lowest BCUT2D eigenvalue weighted by atomic mass is 10.4. The van der Waals surface area contributed by atoms with Gasteiger partial charge in [0.2, 0.25) is 0 Å². The van der Waals surface area contributed by atoms with E-state index in [-0.39, 0.29) is 5.16 Å². The second-order valence-electron chi connectivity index (χ2n) is 3.22. The SMILES string of the molecule is COCc1nnc(Sc2nccc(C(F)(F)F)n2)s1. The first kappa shape index (κ1) is 14.2. The quantitative estimate of drug-likeness (QED) is 0.809. The fourth-order valence-electron chi connectivity index (χ4n) is 1.09. The van der Waals surface area contributed by atoms with Gasteiger partial charge in [-0.25, -0.2) is 9.97 Å². The topological polar surface area (TPSA) is 60.8 Å². The molecule has 0 bridgehead atoms. The summed E-state index contributed by atoms with van der Waals surface area (Å²) in [7, 11) is 1.52. The summed E-state index contributed by atoms with van der Waals surface area (Å²) >= 11 is 2.15. The Morgan fingerprint density at radius 1 is 1.37 bits per heavy atom. The maximum absolute atomic E-state index is 12.5. The van der Waals surface area contributed by atoms with E-state index in [1.165, 1.54) is 18.4 Å². The number of alkyl halides is 3. The molecule has 2 heterocycles. The van der Waals surface area contributed by atoms with Crippen LogP contribution in [0, 0.1) is 0 Å². The summed E-state index contributed by atoms with van der Waals surface area (Å²) in [6, 6.07) is 0.820. The maximum Gasteiger partial charge on any atom is 0.433 e. The standard InChI is InChI=1S/C9H7F3N4OS2/c1-17-4-6-15-16-8(18-6)19-7-13-3-2-5(14-7)9(10,11)12/h2-3H,4H2,1H3. The van der Waals surface area contributed by atoms with E-state index in [4.69, 9.17) is 4.74 Å². The Morgan fingerprint density at radius 3 is 2.84 bits per heavy atom. The predicted octanol–water partition coefficient (Wildman–Crippen LogP) is 2.64. The number of nitrogens with zero attached hydrogens (tertiary/aromatic N) is 4. The van der Waals surface area contributed by atoms with Gasteiger partial charge in [-0.05, 0) is 17.8 Å². The van der Waals surface area contributed by atoms with E-state index in [0.29, 0.717) is 16.0 Å². The molecular formula is C9H7F3N4OS2. The highest BCUT2D eigenvalue weighted by molar-refractivity contribution is 8.00. The molecule has 0 saturated carbocycles. The van der Waals surface area contributed by atoms with Gasteiger partial charge in [0.15, 0.2) is 9.50 Å². The summed E-state index contributed by atoms with van der Waals surface area (Å²) in [6.07, 6.45) is -3.42. The minimum Gasteiger partial charge on any atom is -0.377 e. The molecular weight excluding hydrogens is 301 g/mol. The Kier molecular flexibility index (Phi) is 4.32. The Morgan fingerprint density at radius 2 is 2.16 bits per heavy atom. The summed E-state index contributed by atoms with van der Waals surface area (Å²) in [5.74, 6) is 0. The molecule has 2 aromatic heterocycles. The van der Waals surface area contributed by atoms with Crippen molar-refractivity contribution in [2.75, 3.05) is 7.11 Å². The molecule has 0 unspecified atom stereocenters. The minimum absolute atomic E-state index is 0.0186. The number of hydrogen-bond donors (Lipinski definition) is 0. The molecule has 0 atom stereocenters. The Hall–Kier alpha value is -1.26. The van der Waals surface area contributed by atoms with Crippen LogP contribution in [0.15, 0.2) is 21.8 Å². The monoisotopic (exact) mass is 308 g/mol. The van der Waals surface area contributed by atoms with Gasteiger partial charge >= 0.3 is 6.18 Å². The van der Waals surface area contributed by atoms with Crippen molar-refractivity contribution in [3.05, 3.63) is 23.0 Å². The highest BCUT2D eigenvalue weighted by atomic mass is 32.2. The van der Waals surface area contributed by atoms with Crippen molar-refractivity contribution in [1.29, 1.82) is 0 Å². The van der Waals surface area contributed by atoms with Crippen LogP contribution in [0.5, 0.6) is 0 Å². The fourth-order valence-corrected chi connectivity index (χ4v) is 2.80. The molecule has 5 nitrogen and oxygen atoms in total. The molecule has 102 valence electrons. The van der Waals surface area contributed by atoms with Crippen LogP contribution in [-0.4, -0.2) is 27.3 Å². The number of ether oxygens (including phenoxy) is 1. The van der Waals surface area contributed by atoms with Crippen molar-refractivity contribution >= 4 is 23.1 Å². The molecule has 0 N–H and O–H groups in total. The van der Waals surface area contributed by atoms with Crippen molar-refractivity contribution in [3.63, 3.8) is 0 Å². The smallest absolute Gasteiger partial charge is 0.377 e. The first-order valence-corrected chi connectivity index (χ1v) is 6.52. The van der Waals surface area contributed by atoms with E-state index in [1.54, 1.807) is 0 Å². The van der Waals surface area contributed by atoms with Crippen LogP contribution in [0.3, 0.4) is 0 Å². The molecule has 19 heavy (non-hydrogen) atoms. The summed E-state index contributed by atoms with van der Waals surface area (Å²) < 4.78 is 42.7. The molecule has 0 aliphatic rings. The maximum atomic E-state index is 12.5. The van der Waals surface area contributed by atoms with Crippen LogP contribution in [0.2, 0.25) is 0 Å². The molecule has 2 rings (SSSR count). The van der Waals surface area contributed by atoms with E-state index in [2.05, 4.69) is 20.2 Å². The molecule has 0 amide bonds. The molecule has 0 fully saturated rings. The zero-order chi connectivity index (χ0) is 13.9. The predicted molar refractivity (Wildman–Crippen MR) is 61.8 cm³/mol.